The maximum atomic E-state index is 12.6. The number of amides is 3. The molecule has 0 saturated carbocycles. The number of aldehydes is 2. The first-order valence-corrected chi connectivity index (χ1v) is 8.05. The smallest absolute Gasteiger partial charge is 0.254 e. The van der Waals surface area contributed by atoms with Crippen LogP contribution in [0.1, 0.15) is 40.5 Å². The molecule has 2 N–H and O–H groups in total. The maximum absolute atomic E-state index is 12.6. The van der Waals surface area contributed by atoms with E-state index in [0.29, 0.717) is 31.2 Å². The molecule has 0 saturated heterocycles. The molecular formula is C18H24N2O7. The van der Waals surface area contributed by atoms with Gasteiger partial charge in [-0.05, 0) is 31.5 Å². The number of hydrogen-bond donors (Lipinski definition) is 2. The number of aliphatic hydroxyl groups is 1. The Morgan fingerprint density at radius 2 is 1.93 bits per heavy atom. The summed E-state index contributed by atoms with van der Waals surface area (Å²) in [6, 6.07) is 4.06. The highest BCUT2D eigenvalue weighted by molar-refractivity contribution is 6.01. The molecule has 3 amide bonds. The summed E-state index contributed by atoms with van der Waals surface area (Å²) in [7, 11) is 2.57. The van der Waals surface area contributed by atoms with E-state index in [2.05, 4.69) is 0 Å². The molecule has 1 atom stereocenters. The average molecular weight is 380 g/mol. The molecule has 1 unspecified atom stereocenters. The van der Waals surface area contributed by atoms with Crippen LogP contribution in [0.15, 0.2) is 18.2 Å². The Hall–Kier alpha value is -3.07. The Morgan fingerprint density at radius 1 is 1.26 bits per heavy atom. The standard InChI is InChI=1S/C17H20N2O6.CH4O/c1-12(3-6-16(23)18-11-22)19(2)17(24)15-5-4-14(25-8-7-20)9-13(15)10-21;1-2/h4-5,7,9-12H,3,6,8H2,1-2H3,(H,18,22,23);2H,1H3. The van der Waals surface area contributed by atoms with Crippen molar-refractivity contribution in [1.29, 1.82) is 0 Å². The molecule has 27 heavy (non-hydrogen) atoms. The van der Waals surface area contributed by atoms with Crippen LogP contribution >= 0.6 is 0 Å². The van der Waals surface area contributed by atoms with Gasteiger partial charge in [-0.3, -0.25) is 29.3 Å². The fourth-order valence-electron chi connectivity index (χ4n) is 2.11. The minimum atomic E-state index is -0.423. The minimum absolute atomic E-state index is 0.0938. The van der Waals surface area contributed by atoms with Crippen molar-refractivity contribution in [2.75, 3.05) is 20.8 Å². The molecule has 1 aromatic carbocycles. The highest BCUT2D eigenvalue weighted by Gasteiger charge is 2.21. The normalized spacial score (nSPS) is 10.5. The second-order valence-electron chi connectivity index (χ2n) is 5.33. The van der Waals surface area contributed by atoms with E-state index in [1.54, 1.807) is 14.0 Å². The lowest BCUT2D eigenvalue weighted by atomic mass is 10.0. The fraction of sp³-hybridized carbons (Fsp3) is 0.389. The summed E-state index contributed by atoms with van der Waals surface area (Å²) in [6.45, 7) is 1.61. The van der Waals surface area contributed by atoms with Crippen molar-refractivity contribution in [3.63, 3.8) is 0 Å². The molecule has 1 aromatic rings. The van der Waals surface area contributed by atoms with Crippen LogP contribution < -0.4 is 10.1 Å². The molecular weight excluding hydrogens is 356 g/mol. The van der Waals surface area contributed by atoms with E-state index in [1.165, 1.54) is 23.1 Å². The van der Waals surface area contributed by atoms with Gasteiger partial charge in [0.05, 0.1) is 5.56 Å². The van der Waals surface area contributed by atoms with Crippen LogP contribution in [0, 0.1) is 0 Å². The summed E-state index contributed by atoms with van der Waals surface area (Å²) in [6.07, 6.45) is 1.88. The quantitative estimate of drug-likeness (QED) is 0.555. The molecule has 0 fully saturated rings. The van der Waals surface area contributed by atoms with Gasteiger partial charge in [0.25, 0.3) is 5.91 Å². The second-order valence-corrected chi connectivity index (χ2v) is 5.33. The first kappa shape index (κ1) is 23.9. The average Bonchev–Trinajstić information content (AvgIpc) is 2.70. The van der Waals surface area contributed by atoms with E-state index in [4.69, 9.17) is 9.84 Å². The third-order valence-corrected chi connectivity index (χ3v) is 3.69. The van der Waals surface area contributed by atoms with Crippen molar-refractivity contribution in [2.24, 2.45) is 0 Å². The maximum Gasteiger partial charge on any atom is 0.254 e. The zero-order valence-electron chi connectivity index (χ0n) is 15.5. The van der Waals surface area contributed by atoms with Crippen molar-refractivity contribution in [3.8, 4) is 5.75 Å². The number of nitrogens with zero attached hydrogens (tertiary/aromatic N) is 1. The van der Waals surface area contributed by atoms with Gasteiger partial charge < -0.3 is 14.7 Å². The Bertz CT molecular complexity index is 661. The van der Waals surface area contributed by atoms with Crippen LogP contribution in [-0.4, -0.2) is 67.6 Å². The lowest BCUT2D eigenvalue weighted by Crippen LogP contribution is -2.36. The number of hydrogen-bond acceptors (Lipinski definition) is 7. The molecule has 9 nitrogen and oxygen atoms in total. The summed E-state index contributed by atoms with van der Waals surface area (Å²) >= 11 is 0. The lowest BCUT2D eigenvalue weighted by molar-refractivity contribution is -0.125. The third kappa shape index (κ3) is 7.78. The Kier molecular flexibility index (Phi) is 11.7. The molecule has 9 heteroatoms. The van der Waals surface area contributed by atoms with Crippen LogP contribution in [-0.2, 0) is 14.4 Å². The molecule has 148 valence electrons. The van der Waals surface area contributed by atoms with Gasteiger partial charge in [-0.1, -0.05) is 0 Å². The molecule has 0 aromatic heterocycles. The van der Waals surface area contributed by atoms with Crippen molar-refractivity contribution in [1.82, 2.24) is 10.2 Å². The predicted molar refractivity (Wildman–Crippen MR) is 96.5 cm³/mol. The van der Waals surface area contributed by atoms with Crippen LogP contribution in [0.25, 0.3) is 0 Å². The Labute approximate surface area is 157 Å². The van der Waals surface area contributed by atoms with E-state index in [9.17, 15) is 24.0 Å². The molecule has 0 aliphatic rings. The van der Waals surface area contributed by atoms with Crippen molar-refractivity contribution >= 4 is 30.8 Å². The number of benzene rings is 1. The highest BCUT2D eigenvalue weighted by Crippen LogP contribution is 2.19. The number of aliphatic hydroxyl groups excluding tert-OH is 1. The number of carbonyl (C=O) groups is 5. The van der Waals surface area contributed by atoms with Crippen LogP contribution in [0.4, 0.5) is 0 Å². The molecule has 0 aliphatic heterocycles. The molecule has 0 spiro atoms. The van der Waals surface area contributed by atoms with Crippen LogP contribution in [0.2, 0.25) is 0 Å². The van der Waals surface area contributed by atoms with Gasteiger partial charge in [-0.15, -0.1) is 0 Å². The zero-order valence-corrected chi connectivity index (χ0v) is 15.5. The largest absolute Gasteiger partial charge is 0.486 e. The van der Waals surface area contributed by atoms with Gasteiger partial charge in [0.2, 0.25) is 12.3 Å². The highest BCUT2D eigenvalue weighted by atomic mass is 16.5. The molecule has 0 radical (unpaired) electrons. The first-order chi connectivity index (χ1) is 12.9. The number of nitrogens with one attached hydrogen (secondary N) is 1. The fourth-order valence-corrected chi connectivity index (χ4v) is 2.11. The number of ether oxygens (including phenoxy) is 1. The van der Waals surface area contributed by atoms with Crippen molar-refractivity contribution < 1.29 is 33.8 Å². The van der Waals surface area contributed by atoms with Gasteiger partial charge in [-0.25, -0.2) is 0 Å². The van der Waals surface area contributed by atoms with Crippen molar-refractivity contribution in [3.05, 3.63) is 29.3 Å². The molecule has 0 heterocycles. The van der Waals surface area contributed by atoms with Gasteiger partial charge in [-0.2, -0.15) is 0 Å². The van der Waals surface area contributed by atoms with E-state index in [1.807, 2.05) is 5.32 Å². The van der Waals surface area contributed by atoms with E-state index < -0.39 is 5.91 Å². The van der Waals surface area contributed by atoms with E-state index >= 15 is 0 Å². The van der Waals surface area contributed by atoms with E-state index in [0.717, 1.165) is 7.11 Å². The summed E-state index contributed by atoms with van der Waals surface area (Å²) in [5, 5.41) is 9.03. The van der Waals surface area contributed by atoms with Crippen LogP contribution in [0.3, 0.4) is 0 Å². The van der Waals surface area contributed by atoms with Crippen LogP contribution in [0.5, 0.6) is 5.75 Å². The monoisotopic (exact) mass is 380 g/mol. The van der Waals surface area contributed by atoms with Gasteiger partial charge >= 0.3 is 0 Å². The minimum Gasteiger partial charge on any atom is -0.486 e. The first-order valence-electron chi connectivity index (χ1n) is 8.05. The molecule has 0 bridgehead atoms. The second kappa shape index (κ2) is 13.2. The summed E-state index contributed by atoms with van der Waals surface area (Å²) in [5.41, 5.74) is 0.339. The Balaban J connectivity index is 0.00000326. The lowest BCUT2D eigenvalue weighted by Gasteiger charge is -2.25. The van der Waals surface area contributed by atoms with Crippen molar-refractivity contribution in [2.45, 2.75) is 25.8 Å². The summed E-state index contributed by atoms with van der Waals surface area (Å²) in [5.74, 6) is -0.493. The SMILES string of the molecule is CC(CCC(=O)NC=O)N(C)C(=O)c1ccc(OCC=O)cc1C=O.CO. The Morgan fingerprint density at radius 3 is 2.48 bits per heavy atom. The van der Waals surface area contributed by atoms with Gasteiger partial charge in [0.15, 0.2) is 12.6 Å². The summed E-state index contributed by atoms with van der Waals surface area (Å²) in [4.78, 5) is 57.1. The van der Waals surface area contributed by atoms with Gasteiger partial charge in [0, 0.05) is 32.2 Å². The van der Waals surface area contributed by atoms with Gasteiger partial charge in [0.1, 0.15) is 12.4 Å². The topological polar surface area (TPSA) is 130 Å². The zero-order chi connectivity index (χ0) is 20.8. The van der Waals surface area contributed by atoms with E-state index in [-0.39, 0.29) is 36.1 Å². The number of imide groups is 1. The molecule has 1 rings (SSSR count). The predicted octanol–water partition coefficient (Wildman–Crippen LogP) is 0.199. The third-order valence-electron chi connectivity index (χ3n) is 3.69. The number of rotatable bonds is 10. The molecule has 0 aliphatic carbocycles. The number of carbonyl (C=O) groups excluding carboxylic acids is 5. The summed E-state index contributed by atoms with van der Waals surface area (Å²) < 4.78 is 5.10.